The molecule has 0 rings (SSSR count). The molecule has 0 aliphatic heterocycles. The van der Waals surface area contributed by atoms with Crippen molar-refractivity contribution in [3.8, 4) is 6.07 Å². The van der Waals surface area contributed by atoms with E-state index in [2.05, 4.69) is 25.7 Å². The van der Waals surface area contributed by atoms with Crippen LogP contribution in [0.2, 0.25) is 19.6 Å². The average molecular weight is 215 g/mol. The van der Waals surface area contributed by atoms with Crippen LogP contribution < -0.4 is 0 Å². The fourth-order valence-electron chi connectivity index (χ4n) is 1.26. The van der Waals surface area contributed by atoms with Crippen molar-refractivity contribution in [2.24, 2.45) is 5.92 Å². The van der Waals surface area contributed by atoms with E-state index in [4.69, 9.17) is 9.16 Å². The fourth-order valence-corrected chi connectivity index (χ4v) is 2.69. The Labute approximate surface area is 88.1 Å². The molecule has 3 nitrogen and oxygen atoms in total. The number of hydrogen-bond acceptors (Lipinski definition) is 3. The van der Waals surface area contributed by atoms with Crippen LogP contribution >= 0.6 is 0 Å². The predicted octanol–water partition coefficient (Wildman–Crippen LogP) is 2.40. The minimum atomic E-state index is -1.72. The van der Waals surface area contributed by atoms with Crippen molar-refractivity contribution in [1.82, 2.24) is 0 Å². The summed E-state index contributed by atoms with van der Waals surface area (Å²) in [7, 11) is -0.117. The highest BCUT2D eigenvalue weighted by Crippen LogP contribution is 2.26. The first kappa shape index (κ1) is 13.6. The summed E-state index contributed by atoms with van der Waals surface area (Å²) < 4.78 is 11.0. The van der Waals surface area contributed by atoms with Crippen LogP contribution in [0.5, 0.6) is 0 Å². The smallest absolute Gasteiger partial charge is 0.186 e. The van der Waals surface area contributed by atoms with E-state index in [1.165, 1.54) is 0 Å². The lowest BCUT2D eigenvalue weighted by atomic mass is 9.93. The van der Waals surface area contributed by atoms with Crippen LogP contribution in [0.15, 0.2) is 0 Å². The zero-order chi connectivity index (χ0) is 11.4. The van der Waals surface area contributed by atoms with Crippen molar-refractivity contribution in [2.75, 3.05) is 13.7 Å². The third-order valence-corrected chi connectivity index (χ3v) is 2.95. The van der Waals surface area contributed by atoms with Crippen molar-refractivity contribution in [3.05, 3.63) is 0 Å². The van der Waals surface area contributed by atoms with Gasteiger partial charge in [0.25, 0.3) is 0 Å². The van der Waals surface area contributed by atoms with Crippen LogP contribution in [0.4, 0.5) is 0 Å². The monoisotopic (exact) mass is 215 g/mol. The van der Waals surface area contributed by atoms with Crippen molar-refractivity contribution in [1.29, 1.82) is 5.26 Å². The third-order valence-electron chi connectivity index (χ3n) is 1.97. The number of ether oxygens (including phenoxy) is 1. The summed E-state index contributed by atoms with van der Waals surface area (Å²) in [5.41, 5.74) is -0.779. The Kier molecular flexibility index (Phi) is 4.79. The molecule has 14 heavy (non-hydrogen) atoms. The molecule has 0 fully saturated rings. The summed E-state index contributed by atoms with van der Waals surface area (Å²) in [5.74, 6) is 0.138. The molecule has 0 aromatic rings. The lowest BCUT2D eigenvalue weighted by Crippen LogP contribution is -2.48. The largest absolute Gasteiger partial charge is 0.398 e. The standard InChI is InChI=1S/C10H21NO2Si/c1-9(2)10(7-11,8-12-3)13-14(4,5)6/h9H,8H2,1-6H3. The quantitative estimate of drug-likeness (QED) is 0.661. The number of hydrogen-bond donors (Lipinski definition) is 0. The van der Waals surface area contributed by atoms with E-state index in [0.717, 1.165) is 0 Å². The molecule has 0 radical (unpaired) electrons. The first-order valence-corrected chi connectivity index (χ1v) is 8.28. The van der Waals surface area contributed by atoms with Gasteiger partial charge >= 0.3 is 0 Å². The number of nitrogens with zero attached hydrogens (tertiary/aromatic N) is 1. The first-order valence-electron chi connectivity index (χ1n) is 4.88. The zero-order valence-electron chi connectivity index (χ0n) is 10.0. The van der Waals surface area contributed by atoms with E-state index in [9.17, 15) is 5.26 Å². The van der Waals surface area contributed by atoms with Gasteiger partial charge in [0.05, 0.1) is 12.7 Å². The zero-order valence-corrected chi connectivity index (χ0v) is 11.0. The Morgan fingerprint density at radius 3 is 2.07 bits per heavy atom. The summed E-state index contributed by atoms with van der Waals surface area (Å²) in [6.07, 6.45) is 0. The van der Waals surface area contributed by atoms with Crippen molar-refractivity contribution >= 4 is 8.32 Å². The second-order valence-electron chi connectivity index (χ2n) is 4.80. The van der Waals surface area contributed by atoms with Crippen LogP contribution in [0.25, 0.3) is 0 Å². The molecule has 0 saturated carbocycles. The van der Waals surface area contributed by atoms with Gasteiger partial charge in [0.1, 0.15) is 0 Å². The van der Waals surface area contributed by atoms with Crippen molar-refractivity contribution in [3.63, 3.8) is 0 Å². The second-order valence-corrected chi connectivity index (χ2v) is 9.23. The van der Waals surface area contributed by atoms with Gasteiger partial charge in [0, 0.05) is 7.11 Å². The Morgan fingerprint density at radius 2 is 1.86 bits per heavy atom. The summed E-state index contributed by atoms with van der Waals surface area (Å²) in [5, 5.41) is 9.21. The van der Waals surface area contributed by atoms with Gasteiger partial charge in [-0.25, -0.2) is 0 Å². The van der Waals surface area contributed by atoms with Crippen LogP contribution in [0.3, 0.4) is 0 Å². The Morgan fingerprint density at radius 1 is 1.36 bits per heavy atom. The summed E-state index contributed by atoms with van der Waals surface area (Å²) in [6, 6.07) is 2.26. The molecule has 0 N–H and O–H groups in total. The van der Waals surface area contributed by atoms with Gasteiger partial charge in [-0.1, -0.05) is 13.8 Å². The molecule has 82 valence electrons. The lowest BCUT2D eigenvalue weighted by Gasteiger charge is -2.36. The molecule has 0 amide bonds. The van der Waals surface area contributed by atoms with Gasteiger partial charge in [-0.05, 0) is 25.6 Å². The highest BCUT2D eigenvalue weighted by atomic mass is 28.4. The topological polar surface area (TPSA) is 42.2 Å². The molecule has 4 heteroatoms. The number of rotatable bonds is 5. The maximum absolute atomic E-state index is 9.21. The molecule has 0 aromatic heterocycles. The summed E-state index contributed by atoms with van der Waals surface area (Å²) in [6.45, 7) is 10.6. The highest BCUT2D eigenvalue weighted by molar-refractivity contribution is 6.69. The highest BCUT2D eigenvalue weighted by Gasteiger charge is 2.39. The molecule has 0 aliphatic rings. The van der Waals surface area contributed by atoms with Crippen LogP contribution in [0, 0.1) is 17.2 Å². The maximum atomic E-state index is 9.21. The maximum Gasteiger partial charge on any atom is 0.186 e. The summed E-state index contributed by atoms with van der Waals surface area (Å²) >= 11 is 0. The van der Waals surface area contributed by atoms with Crippen molar-refractivity contribution in [2.45, 2.75) is 39.1 Å². The summed E-state index contributed by atoms with van der Waals surface area (Å²) in [4.78, 5) is 0. The van der Waals surface area contributed by atoms with E-state index in [0.29, 0.717) is 6.61 Å². The Bertz CT molecular complexity index is 217. The number of methoxy groups -OCH3 is 1. The lowest BCUT2D eigenvalue weighted by molar-refractivity contribution is -0.00612. The van der Waals surface area contributed by atoms with Gasteiger partial charge in [0.2, 0.25) is 0 Å². The molecule has 0 aliphatic carbocycles. The third kappa shape index (κ3) is 3.78. The van der Waals surface area contributed by atoms with Gasteiger partial charge < -0.3 is 9.16 Å². The Balaban J connectivity index is 4.79. The normalized spacial score (nSPS) is 16.4. The molecule has 0 heterocycles. The van der Waals surface area contributed by atoms with Gasteiger partial charge in [-0.15, -0.1) is 0 Å². The van der Waals surface area contributed by atoms with E-state index >= 15 is 0 Å². The molecule has 0 aromatic carbocycles. The first-order chi connectivity index (χ1) is 6.27. The minimum absolute atomic E-state index is 0.138. The van der Waals surface area contributed by atoms with Gasteiger partial charge in [-0.2, -0.15) is 5.26 Å². The second kappa shape index (κ2) is 4.92. The van der Waals surface area contributed by atoms with Crippen LogP contribution in [0.1, 0.15) is 13.8 Å². The number of nitriles is 1. The molecular weight excluding hydrogens is 194 g/mol. The molecular formula is C10H21NO2Si. The van der Waals surface area contributed by atoms with Crippen LogP contribution in [-0.2, 0) is 9.16 Å². The molecule has 1 atom stereocenters. The van der Waals surface area contributed by atoms with Gasteiger partial charge in [-0.3, -0.25) is 0 Å². The SMILES string of the molecule is COCC(C#N)(O[Si](C)(C)C)C(C)C. The van der Waals surface area contributed by atoms with E-state index in [1.54, 1.807) is 7.11 Å². The van der Waals surface area contributed by atoms with E-state index in [-0.39, 0.29) is 5.92 Å². The van der Waals surface area contributed by atoms with E-state index in [1.807, 2.05) is 13.8 Å². The van der Waals surface area contributed by atoms with Gasteiger partial charge in [0.15, 0.2) is 13.9 Å². The fraction of sp³-hybridized carbons (Fsp3) is 0.900. The molecule has 0 spiro atoms. The minimum Gasteiger partial charge on any atom is -0.398 e. The Hall–Kier alpha value is -0.373. The van der Waals surface area contributed by atoms with E-state index < -0.39 is 13.9 Å². The molecule has 0 bridgehead atoms. The van der Waals surface area contributed by atoms with Crippen molar-refractivity contribution < 1.29 is 9.16 Å². The molecule has 1 unspecified atom stereocenters. The average Bonchev–Trinajstić information content (AvgIpc) is 2.00. The predicted molar refractivity (Wildman–Crippen MR) is 59.5 cm³/mol. The van der Waals surface area contributed by atoms with Crippen LogP contribution in [-0.4, -0.2) is 27.6 Å². The molecule has 0 saturated heterocycles.